The summed E-state index contributed by atoms with van der Waals surface area (Å²) in [6, 6.07) is 2.63. The predicted octanol–water partition coefficient (Wildman–Crippen LogP) is 4.18. The van der Waals surface area contributed by atoms with Crippen molar-refractivity contribution in [2.45, 2.75) is 25.4 Å². The van der Waals surface area contributed by atoms with Gasteiger partial charge < -0.3 is 10.4 Å². The Morgan fingerprint density at radius 3 is 2.68 bits per heavy atom. The van der Waals surface area contributed by atoms with Crippen LogP contribution in [0.4, 0.5) is 18.9 Å². The first kappa shape index (κ1) is 19.2. The van der Waals surface area contributed by atoms with Crippen LogP contribution in [0.1, 0.15) is 29.1 Å². The summed E-state index contributed by atoms with van der Waals surface area (Å²) >= 11 is 6.94. The van der Waals surface area contributed by atoms with Crippen LogP contribution in [-0.2, 0) is 22.2 Å². The SMILES string of the molecule is C[C@H](C(=O)Nc1cc(C(F)(F)F)ccc1Cl)c1nc(CC(=O)O)cs1. The Labute approximate surface area is 149 Å². The quantitative estimate of drug-likeness (QED) is 0.799. The summed E-state index contributed by atoms with van der Waals surface area (Å²) in [5.74, 6) is -2.43. The molecule has 0 fully saturated rings. The Balaban J connectivity index is 2.16. The van der Waals surface area contributed by atoms with Crippen LogP contribution < -0.4 is 5.32 Å². The van der Waals surface area contributed by atoms with Crippen molar-refractivity contribution < 1.29 is 27.9 Å². The topological polar surface area (TPSA) is 79.3 Å². The number of alkyl halides is 3. The number of nitrogens with zero attached hydrogens (tertiary/aromatic N) is 1. The van der Waals surface area contributed by atoms with Crippen LogP contribution in [0.2, 0.25) is 5.02 Å². The van der Waals surface area contributed by atoms with Crippen LogP contribution in [0.15, 0.2) is 23.6 Å². The molecule has 2 N–H and O–H groups in total. The Morgan fingerprint density at radius 1 is 1.40 bits per heavy atom. The number of carboxylic acids is 1. The van der Waals surface area contributed by atoms with Crippen molar-refractivity contribution in [1.82, 2.24) is 4.98 Å². The van der Waals surface area contributed by atoms with Gasteiger partial charge in [-0.1, -0.05) is 11.6 Å². The number of hydrogen-bond acceptors (Lipinski definition) is 4. The van der Waals surface area contributed by atoms with Crippen molar-refractivity contribution >= 4 is 40.5 Å². The van der Waals surface area contributed by atoms with E-state index < -0.39 is 29.5 Å². The molecule has 1 aromatic heterocycles. The van der Waals surface area contributed by atoms with Crippen molar-refractivity contribution in [2.75, 3.05) is 5.32 Å². The second kappa shape index (κ2) is 7.40. The molecule has 0 aliphatic carbocycles. The summed E-state index contributed by atoms with van der Waals surface area (Å²) in [5, 5.41) is 12.9. The van der Waals surface area contributed by atoms with E-state index in [1.54, 1.807) is 0 Å². The predicted molar refractivity (Wildman–Crippen MR) is 87.0 cm³/mol. The van der Waals surface area contributed by atoms with Crippen LogP contribution in [0, 0.1) is 0 Å². The fourth-order valence-electron chi connectivity index (χ4n) is 1.91. The first-order valence-electron chi connectivity index (χ1n) is 6.91. The fourth-order valence-corrected chi connectivity index (χ4v) is 2.95. The van der Waals surface area contributed by atoms with Gasteiger partial charge in [0.25, 0.3) is 0 Å². The molecule has 1 atom stereocenters. The van der Waals surface area contributed by atoms with Crippen molar-refractivity contribution in [2.24, 2.45) is 0 Å². The normalized spacial score (nSPS) is 12.7. The van der Waals surface area contributed by atoms with E-state index in [0.29, 0.717) is 10.7 Å². The number of amides is 1. The molecule has 0 radical (unpaired) electrons. The number of benzene rings is 1. The zero-order valence-electron chi connectivity index (χ0n) is 12.7. The summed E-state index contributed by atoms with van der Waals surface area (Å²) in [5.41, 5.74) is -0.780. The maximum absolute atomic E-state index is 12.8. The third-order valence-corrected chi connectivity index (χ3v) is 4.62. The number of carbonyl (C=O) groups is 2. The van der Waals surface area contributed by atoms with E-state index in [-0.39, 0.29) is 17.1 Å². The Morgan fingerprint density at radius 2 is 2.08 bits per heavy atom. The number of carbonyl (C=O) groups excluding carboxylic acids is 1. The number of carboxylic acid groups (broad SMARTS) is 1. The molecule has 0 aliphatic rings. The molecule has 2 rings (SSSR count). The standard InChI is InChI=1S/C15H12ClF3N2O3S/c1-7(14-20-9(6-25-14)5-12(22)23)13(24)21-11-4-8(15(17,18)19)2-3-10(11)16/h2-4,6-7H,5H2,1H3,(H,21,24)(H,22,23)/t7-/m1/s1. The van der Waals surface area contributed by atoms with Gasteiger partial charge in [0, 0.05) is 5.38 Å². The first-order valence-corrected chi connectivity index (χ1v) is 8.17. The average molecular weight is 393 g/mol. The van der Waals surface area contributed by atoms with E-state index >= 15 is 0 Å². The molecule has 1 aromatic carbocycles. The number of thiazole rings is 1. The van der Waals surface area contributed by atoms with E-state index in [0.717, 1.165) is 29.5 Å². The molecule has 1 heterocycles. The number of hydrogen-bond donors (Lipinski definition) is 2. The third-order valence-electron chi connectivity index (χ3n) is 3.22. The number of nitrogens with one attached hydrogen (secondary N) is 1. The second-order valence-corrected chi connectivity index (χ2v) is 6.45. The third kappa shape index (κ3) is 4.93. The Hall–Kier alpha value is -2.13. The highest BCUT2D eigenvalue weighted by atomic mass is 35.5. The van der Waals surface area contributed by atoms with Gasteiger partial charge in [-0.15, -0.1) is 11.3 Å². The highest BCUT2D eigenvalue weighted by molar-refractivity contribution is 7.09. The van der Waals surface area contributed by atoms with Gasteiger partial charge in [0.15, 0.2) is 0 Å². The highest BCUT2D eigenvalue weighted by Crippen LogP contribution is 2.34. The molecule has 0 saturated carbocycles. The second-order valence-electron chi connectivity index (χ2n) is 5.15. The molecular weight excluding hydrogens is 381 g/mol. The van der Waals surface area contributed by atoms with E-state index in [9.17, 15) is 22.8 Å². The highest BCUT2D eigenvalue weighted by Gasteiger charge is 2.31. The zero-order valence-corrected chi connectivity index (χ0v) is 14.3. The van der Waals surface area contributed by atoms with E-state index in [1.807, 2.05) is 0 Å². The molecular formula is C15H12ClF3N2O3S. The Kier molecular flexibility index (Phi) is 5.69. The summed E-state index contributed by atoms with van der Waals surface area (Å²) in [6.07, 6.45) is -4.83. The van der Waals surface area contributed by atoms with Crippen LogP contribution in [0.3, 0.4) is 0 Å². The summed E-state index contributed by atoms with van der Waals surface area (Å²) in [7, 11) is 0. The maximum atomic E-state index is 12.8. The summed E-state index contributed by atoms with van der Waals surface area (Å²) < 4.78 is 38.3. The maximum Gasteiger partial charge on any atom is 0.416 e. The molecule has 2 aromatic rings. The molecule has 0 saturated heterocycles. The molecule has 0 unspecified atom stereocenters. The van der Waals surface area contributed by atoms with Crippen molar-refractivity contribution in [3.8, 4) is 0 Å². The number of anilines is 1. The largest absolute Gasteiger partial charge is 0.481 e. The Bertz CT molecular complexity index is 808. The van der Waals surface area contributed by atoms with Gasteiger partial charge in [-0.2, -0.15) is 13.2 Å². The molecule has 0 aliphatic heterocycles. The van der Waals surface area contributed by atoms with Gasteiger partial charge in [0.1, 0.15) is 5.01 Å². The lowest BCUT2D eigenvalue weighted by Crippen LogP contribution is -2.19. The van der Waals surface area contributed by atoms with Gasteiger partial charge in [-0.05, 0) is 25.1 Å². The first-order chi connectivity index (χ1) is 11.6. The fraction of sp³-hybridized carbons (Fsp3) is 0.267. The molecule has 0 spiro atoms. The lowest BCUT2D eigenvalue weighted by atomic mass is 10.1. The van der Waals surface area contributed by atoms with Gasteiger partial charge in [0.2, 0.25) is 5.91 Å². The molecule has 0 bridgehead atoms. The van der Waals surface area contributed by atoms with Gasteiger partial charge in [-0.25, -0.2) is 4.98 Å². The van der Waals surface area contributed by atoms with Crippen molar-refractivity contribution in [3.05, 3.63) is 44.9 Å². The van der Waals surface area contributed by atoms with Crippen LogP contribution in [0.25, 0.3) is 0 Å². The van der Waals surface area contributed by atoms with Crippen molar-refractivity contribution in [3.63, 3.8) is 0 Å². The number of aromatic nitrogens is 1. The minimum atomic E-state index is -4.56. The van der Waals surface area contributed by atoms with E-state index in [2.05, 4.69) is 10.3 Å². The lowest BCUT2D eigenvalue weighted by molar-refractivity contribution is -0.138. The van der Waals surface area contributed by atoms with E-state index in [4.69, 9.17) is 16.7 Å². The van der Waals surface area contributed by atoms with Crippen LogP contribution in [-0.4, -0.2) is 22.0 Å². The molecule has 25 heavy (non-hydrogen) atoms. The average Bonchev–Trinajstić information content (AvgIpc) is 2.95. The van der Waals surface area contributed by atoms with Crippen molar-refractivity contribution in [1.29, 1.82) is 0 Å². The van der Waals surface area contributed by atoms with E-state index in [1.165, 1.54) is 12.3 Å². The van der Waals surface area contributed by atoms with Gasteiger partial charge in [-0.3, -0.25) is 9.59 Å². The molecule has 1 amide bonds. The minimum Gasteiger partial charge on any atom is -0.481 e. The monoisotopic (exact) mass is 392 g/mol. The number of halogens is 4. The smallest absolute Gasteiger partial charge is 0.416 e. The molecule has 134 valence electrons. The number of rotatable bonds is 5. The van der Waals surface area contributed by atoms with Crippen LogP contribution >= 0.6 is 22.9 Å². The minimum absolute atomic E-state index is 0.0285. The zero-order chi connectivity index (χ0) is 18.8. The molecule has 5 nitrogen and oxygen atoms in total. The van der Waals surface area contributed by atoms with Gasteiger partial charge in [0.05, 0.1) is 34.3 Å². The van der Waals surface area contributed by atoms with Crippen LogP contribution in [0.5, 0.6) is 0 Å². The summed E-state index contributed by atoms with van der Waals surface area (Å²) in [4.78, 5) is 27.0. The lowest BCUT2D eigenvalue weighted by Gasteiger charge is -2.13. The summed E-state index contributed by atoms with van der Waals surface area (Å²) in [6.45, 7) is 1.51. The molecule has 10 heteroatoms. The van der Waals surface area contributed by atoms with Gasteiger partial charge >= 0.3 is 12.1 Å². The number of aliphatic carboxylic acids is 1.